The molecule has 2 heterocycles. The van der Waals surface area contributed by atoms with Crippen molar-refractivity contribution in [1.29, 1.82) is 0 Å². The number of aromatic nitrogens is 2. The monoisotopic (exact) mass is 285 g/mol. The lowest BCUT2D eigenvalue weighted by molar-refractivity contribution is -0.0533. The Hall–Kier alpha value is -1.53. The number of halogens is 1. The van der Waals surface area contributed by atoms with Gasteiger partial charge in [0.2, 0.25) is 10.4 Å². The van der Waals surface area contributed by atoms with E-state index in [9.17, 15) is 9.50 Å². The third kappa shape index (κ3) is 2.11. The summed E-state index contributed by atoms with van der Waals surface area (Å²) >= 11 is 4.95. The summed E-state index contributed by atoms with van der Waals surface area (Å²) in [5, 5.41) is 18.8. The highest BCUT2D eigenvalue weighted by Crippen LogP contribution is 2.41. The molecule has 1 aromatic heterocycles. The van der Waals surface area contributed by atoms with Crippen LogP contribution in [0.15, 0.2) is 12.3 Å². The summed E-state index contributed by atoms with van der Waals surface area (Å²) in [4.78, 5) is 3.79. The third-order valence-electron chi connectivity index (χ3n) is 2.95. The minimum atomic E-state index is -2.51. The maximum absolute atomic E-state index is 14.7. The quantitative estimate of drug-likeness (QED) is 0.514. The molecule has 0 bridgehead atoms. The van der Waals surface area contributed by atoms with Gasteiger partial charge in [-0.1, -0.05) is 5.92 Å². The van der Waals surface area contributed by atoms with Crippen molar-refractivity contribution in [2.45, 2.75) is 24.1 Å². The second-order valence-corrected chi connectivity index (χ2v) is 4.47. The first-order chi connectivity index (χ1) is 8.93. The van der Waals surface area contributed by atoms with E-state index in [-0.39, 0.29) is 10.6 Å². The van der Waals surface area contributed by atoms with E-state index in [1.165, 1.54) is 12.3 Å². The summed E-state index contributed by atoms with van der Waals surface area (Å²) in [6, 6.07) is 1.40. The number of nitrogen functional groups attached to an aromatic ring is 1. The Morgan fingerprint density at radius 1 is 1.74 bits per heavy atom. The van der Waals surface area contributed by atoms with Gasteiger partial charge in [-0.15, -0.1) is 6.42 Å². The topological polar surface area (TPSA) is 93.5 Å². The van der Waals surface area contributed by atoms with Gasteiger partial charge in [0.1, 0.15) is 18.0 Å². The molecule has 6 nitrogen and oxygen atoms in total. The van der Waals surface area contributed by atoms with Crippen molar-refractivity contribution in [3.63, 3.8) is 0 Å². The van der Waals surface area contributed by atoms with Crippen molar-refractivity contribution < 1.29 is 19.3 Å². The largest absolute Gasteiger partial charge is 0.394 e. The van der Waals surface area contributed by atoms with E-state index in [4.69, 9.17) is 34.2 Å². The highest BCUT2D eigenvalue weighted by molar-refractivity contribution is 7.71. The minimum Gasteiger partial charge on any atom is -0.394 e. The summed E-state index contributed by atoms with van der Waals surface area (Å²) in [6.45, 7) is -0.569. The first-order valence-corrected chi connectivity index (χ1v) is 5.80. The minimum absolute atomic E-state index is 0.0342. The molecule has 4 N–H and O–H groups in total. The Kier molecular flexibility index (Phi) is 3.56. The van der Waals surface area contributed by atoms with Crippen LogP contribution >= 0.6 is 12.2 Å². The van der Waals surface area contributed by atoms with E-state index in [2.05, 4.69) is 4.98 Å². The SMILES string of the molecule is C#CC1(F)C(O)C(CO)OC1n1ccc(N)nc1=S. The number of alkyl halides is 1. The Morgan fingerprint density at radius 2 is 2.42 bits per heavy atom. The van der Waals surface area contributed by atoms with Gasteiger partial charge in [-0.3, -0.25) is 4.57 Å². The van der Waals surface area contributed by atoms with Crippen LogP contribution in [0.25, 0.3) is 0 Å². The summed E-state index contributed by atoms with van der Waals surface area (Å²) in [6.07, 6.45) is 2.35. The Bertz CT molecular complexity index is 587. The molecular weight excluding hydrogens is 273 g/mol. The van der Waals surface area contributed by atoms with Gasteiger partial charge in [0.15, 0.2) is 6.23 Å². The number of hydrogen-bond donors (Lipinski definition) is 3. The van der Waals surface area contributed by atoms with Crippen LogP contribution in [0.2, 0.25) is 0 Å². The lowest BCUT2D eigenvalue weighted by Crippen LogP contribution is -2.42. The van der Waals surface area contributed by atoms with Crippen molar-refractivity contribution >= 4 is 18.0 Å². The van der Waals surface area contributed by atoms with Gasteiger partial charge >= 0.3 is 0 Å². The standard InChI is InChI=1S/C11H12FN3O3S/c1-2-11(12)8(17)6(5-16)18-9(11)15-4-3-7(13)14-10(15)19/h1,3-4,6,8-9,16-17H,5H2,(H2,13,14,19). The Balaban J connectivity index is 2.49. The number of rotatable bonds is 2. The van der Waals surface area contributed by atoms with E-state index < -0.39 is 30.7 Å². The summed E-state index contributed by atoms with van der Waals surface area (Å²) < 4.78 is 21.0. The molecule has 0 radical (unpaired) electrons. The zero-order chi connectivity index (χ0) is 14.2. The number of terminal acetylenes is 1. The van der Waals surface area contributed by atoms with Crippen molar-refractivity contribution in [1.82, 2.24) is 9.55 Å². The van der Waals surface area contributed by atoms with Crippen LogP contribution in [-0.2, 0) is 4.74 Å². The van der Waals surface area contributed by atoms with Crippen LogP contribution < -0.4 is 5.73 Å². The fourth-order valence-corrected chi connectivity index (χ4v) is 2.19. The Labute approximate surface area is 113 Å². The van der Waals surface area contributed by atoms with E-state index in [0.717, 1.165) is 4.57 Å². The van der Waals surface area contributed by atoms with E-state index >= 15 is 0 Å². The maximum Gasteiger partial charge on any atom is 0.243 e. The number of hydrogen-bond acceptors (Lipinski definition) is 6. The normalized spacial score (nSPS) is 34.1. The van der Waals surface area contributed by atoms with Crippen LogP contribution in [0, 0.1) is 17.1 Å². The lowest BCUT2D eigenvalue weighted by Gasteiger charge is -2.24. The van der Waals surface area contributed by atoms with Gasteiger partial charge in [-0.2, -0.15) is 0 Å². The van der Waals surface area contributed by atoms with Gasteiger partial charge in [0, 0.05) is 6.20 Å². The second-order valence-electron chi connectivity index (χ2n) is 4.11. The molecule has 8 heteroatoms. The van der Waals surface area contributed by atoms with Crippen LogP contribution in [0.3, 0.4) is 0 Å². The van der Waals surface area contributed by atoms with Gasteiger partial charge in [-0.25, -0.2) is 9.37 Å². The summed E-state index contributed by atoms with van der Waals surface area (Å²) in [5.41, 5.74) is 2.94. The van der Waals surface area contributed by atoms with Gasteiger partial charge in [0.25, 0.3) is 0 Å². The first kappa shape index (κ1) is 13.9. The van der Waals surface area contributed by atoms with Gasteiger partial charge in [-0.05, 0) is 18.3 Å². The molecule has 0 aliphatic carbocycles. The van der Waals surface area contributed by atoms with E-state index in [1.807, 2.05) is 5.92 Å². The zero-order valence-corrected chi connectivity index (χ0v) is 10.5. The molecule has 0 saturated carbocycles. The Morgan fingerprint density at radius 3 is 2.95 bits per heavy atom. The van der Waals surface area contributed by atoms with E-state index in [1.54, 1.807) is 0 Å². The molecule has 2 rings (SSSR count). The molecular formula is C11H12FN3O3S. The van der Waals surface area contributed by atoms with Crippen LogP contribution in [0.4, 0.5) is 10.2 Å². The average molecular weight is 285 g/mol. The lowest BCUT2D eigenvalue weighted by atomic mass is 9.97. The molecule has 1 aromatic rings. The molecule has 4 atom stereocenters. The molecule has 1 fully saturated rings. The highest BCUT2D eigenvalue weighted by atomic mass is 32.1. The van der Waals surface area contributed by atoms with Crippen LogP contribution in [0.5, 0.6) is 0 Å². The average Bonchev–Trinajstić information content (AvgIpc) is 2.63. The fourth-order valence-electron chi connectivity index (χ4n) is 1.93. The number of nitrogens with two attached hydrogens (primary N) is 1. The van der Waals surface area contributed by atoms with Crippen molar-refractivity contribution in [2.75, 3.05) is 12.3 Å². The summed E-state index contributed by atoms with van der Waals surface area (Å²) in [7, 11) is 0. The highest BCUT2D eigenvalue weighted by Gasteiger charge is 2.57. The molecule has 0 spiro atoms. The summed E-state index contributed by atoms with van der Waals surface area (Å²) in [5.74, 6) is 2.04. The molecule has 4 unspecified atom stereocenters. The molecule has 19 heavy (non-hydrogen) atoms. The maximum atomic E-state index is 14.7. The van der Waals surface area contributed by atoms with Crippen molar-refractivity contribution in [3.05, 3.63) is 17.0 Å². The van der Waals surface area contributed by atoms with E-state index in [0.29, 0.717) is 0 Å². The predicted molar refractivity (Wildman–Crippen MR) is 67.1 cm³/mol. The van der Waals surface area contributed by atoms with Gasteiger partial charge < -0.3 is 20.7 Å². The van der Waals surface area contributed by atoms with Crippen LogP contribution in [-0.4, -0.2) is 44.2 Å². The number of nitrogens with zero attached hydrogens (tertiary/aromatic N) is 2. The smallest absolute Gasteiger partial charge is 0.243 e. The fraction of sp³-hybridized carbons (Fsp3) is 0.455. The van der Waals surface area contributed by atoms with Crippen molar-refractivity contribution in [3.8, 4) is 12.3 Å². The first-order valence-electron chi connectivity index (χ1n) is 5.39. The number of aliphatic hydroxyl groups excluding tert-OH is 2. The molecule has 1 saturated heterocycles. The molecule has 102 valence electrons. The molecule has 1 aliphatic rings. The number of ether oxygens (including phenoxy) is 1. The number of aliphatic hydroxyl groups is 2. The zero-order valence-electron chi connectivity index (χ0n) is 9.73. The number of anilines is 1. The van der Waals surface area contributed by atoms with Crippen molar-refractivity contribution in [2.24, 2.45) is 0 Å². The molecule has 0 amide bonds. The molecule has 1 aliphatic heterocycles. The van der Waals surface area contributed by atoms with Gasteiger partial charge in [0.05, 0.1) is 6.61 Å². The second kappa shape index (κ2) is 4.86. The molecule has 0 aromatic carbocycles. The van der Waals surface area contributed by atoms with Crippen LogP contribution in [0.1, 0.15) is 6.23 Å². The third-order valence-corrected chi connectivity index (χ3v) is 3.25. The predicted octanol–water partition coefficient (Wildman–Crippen LogP) is -0.213.